The molecule has 1 heterocycles. The number of nitrogens with zero attached hydrogens (tertiary/aromatic N) is 1. The van der Waals surface area contributed by atoms with Crippen LogP contribution in [0.3, 0.4) is 0 Å². The van der Waals surface area contributed by atoms with Crippen LogP contribution in [0.5, 0.6) is 0 Å². The Kier molecular flexibility index (Phi) is 3.80. The number of hydrogen-bond acceptors (Lipinski definition) is 3. The van der Waals surface area contributed by atoms with Crippen molar-refractivity contribution in [3.8, 4) is 0 Å². The highest BCUT2D eigenvalue weighted by atomic mass is 16.6. The molecule has 0 aliphatic heterocycles. The van der Waals surface area contributed by atoms with E-state index in [0.717, 1.165) is 22.2 Å². The van der Waals surface area contributed by atoms with Gasteiger partial charge in [0.2, 0.25) is 0 Å². The molecule has 0 N–H and O–H groups in total. The zero-order valence-electron chi connectivity index (χ0n) is 12.7. The highest BCUT2D eigenvalue weighted by Crippen LogP contribution is 2.24. The molecule has 2 aromatic rings. The third-order valence-corrected chi connectivity index (χ3v) is 3.12. The number of hydrogen-bond donors (Lipinski definition) is 0. The van der Waals surface area contributed by atoms with Crippen molar-refractivity contribution >= 4 is 16.9 Å². The minimum atomic E-state index is -0.476. The highest BCUT2D eigenvalue weighted by molar-refractivity contribution is 5.82. The first-order valence-corrected chi connectivity index (χ1v) is 6.87. The van der Waals surface area contributed by atoms with Crippen LogP contribution in [-0.2, 0) is 9.53 Å². The van der Waals surface area contributed by atoms with Crippen LogP contribution in [0.2, 0.25) is 0 Å². The van der Waals surface area contributed by atoms with Crippen LogP contribution < -0.4 is 0 Å². The van der Waals surface area contributed by atoms with Gasteiger partial charge in [-0.15, -0.1) is 0 Å². The number of carbonyl (C=O) groups is 1. The maximum absolute atomic E-state index is 12.2. The second-order valence-electron chi connectivity index (χ2n) is 6.14. The second kappa shape index (κ2) is 5.23. The van der Waals surface area contributed by atoms with E-state index in [1.165, 1.54) is 0 Å². The summed E-state index contributed by atoms with van der Waals surface area (Å²) in [7, 11) is 0. The molecule has 1 atom stereocenters. The van der Waals surface area contributed by atoms with Gasteiger partial charge in [-0.1, -0.05) is 18.2 Å². The first kappa shape index (κ1) is 14.5. The summed E-state index contributed by atoms with van der Waals surface area (Å²) in [4.78, 5) is 16.8. The Labute approximate surface area is 120 Å². The molecule has 0 aliphatic rings. The van der Waals surface area contributed by atoms with Crippen molar-refractivity contribution in [1.29, 1.82) is 0 Å². The van der Waals surface area contributed by atoms with E-state index in [9.17, 15) is 4.79 Å². The van der Waals surface area contributed by atoms with E-state index in [-0.39, 0.29) is 11.9 Å². The number of aryl methyl sites for hydroxylation is 1. The molecule has 0 unspecified atom stereocenters. The number of aromatic nitrogens is 1. The molecule has 1 aromatic carbocycles. The fourth-order valence-electron chi connectivity index (χ4n) is 2.18. The van der Waals surface area contributed by atoms with E-state index < -0.39 is 5.60 Å². The quantitative estimate of drug-likeness (QED) is 0.775. The standard InChI is InChI=1S/C17H21NO2/c1-11-10-13-8-6-7-9-14(13)18-15(11)12(2)16(19)20-17(3,4)5/h6-10,12H,1-5H3/t12-/m0/s1. The van der Waals surface area contributed by atoms with E-state index in [0.29, 0.717) is 0 Å². The van der Waals surface area contributed by atoms with Gasteiger partial charge in [0.15, 0.2) is 0 Å². The summed E-state index contributed by atoms with van der Waals surface area (Å²) in [6.07, 6.45) is 0. The minimum Gasteiger partial charge on any atom is -0.459 e. The molecular formula is C17H21NO2. The van der Waals surface area contributed by atoms with E-state index >= 15 is 0 Å². The fraction of sp³-hybridized carbons (Fsp3) is 0.412. The van der Waals surface area contributed by atoms with Crippen molar-refractivity contribution in [1.82, 2.24) is 4.98 Å². The highest BCUT2D eigenvalue weighted by Gasteiger charge is 2.25. The van der Waals surface area contributed by atoms with Crippen molar-refractivity contribution in [2.24, 2.45) is 0 Å². The number of para-hydroxylation sites is 1. The molecule has 0 spiro atoms. The van der Waals surface area contributed by atoms with Gasteiger partial charge < -0.3 is 4.74 Å². The van der Waals surface area contributed by atoms with Gasteiger partial charge in [-0.2, -0.15) is 0 Å². The van der Waals surface area contributed by atoms with E-state index in [2.05, 4.69) is 11.1 Å². The number of benzene rings is 1. The van der Waals surface area contributed by atoms with Gasteiger partial charge in [-0.25, -0.2) is 0 Å². The van der Waals surface area contributed by atoms with Crippen LogP contribution in [0.1, 0.15) is 44.9 Å². The molecule has 2 rings (SSSR count). The lowest BCUT2D eigenvalue weighted by Crippen LogP contribution is -2.27. The second-order valence-corrected chi connectivity index (χ2v) is 6.14. The smallest absolute Gasteiger partial charge is 0.315 e. The van der Waals surface area contributed by atoms with Crippen molar-refractivity contribution in [3.63, 3.8) is 0 Å². The maximum atomic E-state index is 12.2. The van der Waals surface area contributed by atoms with Crippen molar-refractivity contribution in [3.05, 3.63) is 41.6 Å². The molecule has 106 valence electrons. The van der Waals surface area contributed by atoms with Crippen LogP contribution in [0.4, 0.5) is 0 Å². The number of esters is 1. The third kappa shape index (κ3) is 3.16. The molecule has 0 aliphatic carbocycles. The largest absolute Gasteiger partial charge is 0.459 e. The van der Waals surface area contributed by atoms with Crippen LogP contribution in [0.25, 0.3) is 10.9 Å². The Morgan fingerprint density at radius 2 is 1.90 bits per heavy atom. The first-order valence-electron chi connectivity index (χ1n) is 6.87. The van der Waals surface area contributed by atoms with Gasteiger partial charge in [0.1, 0.15) is 5.60 Å². The molecule has 0 saturated carbocycles. The molecule has 0 fully saturated rings. The van der Waals surface area contributed by atoms with Crippen molar-refractivity contribution in [2.75, 3.05) is 0 Å². The van der Waals surface area contributed by atoms with Gasteiger partial charge in [0.05, 0.1) is 17.1 Å². The summed E-state index contributed by atoms with van der Waals surface area (Å²) in [5.74, 6) is -0.595. The topological polar surface area (TPSA) is 39.2 Å². The minimum absolute atomic E-state index is 0.233. The monoisotopic (exact) mass is 271 g/mol. The molecule has 0 amide bonds. The first-order chi connectivity index (χ1) is 9.28. The SMILES string of the molecule is Cc1cc2ccccc2nc1[C@H](C)C(=O)OC(C)(C)C. The summed E-state index contributed by atoms with van der Waals surface area (Å²) < 4.78 is 5.44. The fourth-order valence-corrected chi connectivity index (χ4v) is 2.18. The van der Waals surface area contributed by atoms with Gasteiger partial charge in [-0.3, -0.25) is 9.78 Å². The molecule has 0 saturated heterocycles. The Bertz CT molecular complexity index is 641. The third-order valence-electron chi connectivity index (χ3n) is 3.12. The normalized spacial score (nSPS) is 13.2. The predicted molar refractivity (Wildman–Crippen MR) is 80.7 cm³/mol. The summed E-state index contributed by atoms with van der Waals surface area (Å²) in [5.41, 5.74) is 2.24. The number of carbonyl (C=O) groups excluding carboxylic acids is 1. The van der Waals surface area contributed by atoms with Crippen molar-refractivity contribution < 1.29 is 9.53 Å². The van der Waals surface area contributed by atoms with Gasteiger partial charge >= 0.3 is 5.97 Å². The number of ether oxygens (including phenoxy) is 1. The van der Waals surface area contributed by atoms with Crippen LogP contribution in [-0.4, -0.2) is 16.6 Å². The lowest BCUT2D eigenvalue weighted by atomic mass is 10.0. The summed E-state index contributed by atoms with van der Waals surface area (Å²) in [5, 5.41) is 1.09. The molecule has 3 heteroatoms. The summed E-state index contributed by atoms with van der Waals surface area (Å²) >= 11 is 0. The van der Waals surface area contributed by atoms with Crippen molar-refractivity contribution in [2.45, 2.75) is 46.1 Å². The predicted octanol–water partition coefficient (Wildman–Crippen LogP) is 3.99. The zero-order chi connectivity index (χ0) is 14.9. The summed E-state index contributed by atoms with van der Waals surface area (Å²) in [6.45, 7) is 9.45. The average Bonchev–Trinajstić information content (AvgIpc) is 2.35. The lowest BCUT2D eigenvalue weighted by molar-refractivity contribution is -0.156. The Morgan fingerprint density at radius 1 is 1.25 bits per heavy atom. The van der Waals surface area contributed by atoms with Crippen LogP contribution in [0, 0.1) is 6.92 Å². The van der Waals surface area contributed by atoms with E-state index in [4.69, 9.17) is 4.74 Å². The zero-order valence-corrected chi connectivity index (χ0v) is 12.7. The molecule has 3 nitrogen and oxygen atoms in total. The van der Waals surface area contributed by atoms with E-state index in [1.54, 1.807) is 0 Å². The lowest BCUT2D eigenvalue weighted by Gasteiger charge is -2.22. The van der Waals surface area contributed by atoms with Gasteiger partial charge in [0, 0.05) is 5.39 Å². The van der Waals surface area contributed by atoms with E-state index in [1.807, 2.05) is 58.9 Å². The Hall–Kier alpha value is -1.90. The summed E-state index contributed by atoms with van der Waals surface area (Å²) in [6, 6.07) is 9.99. The average molecular weight is 271 g/mol. The van der Waals surface area contributed by atoms with Gasteiger partial charge in [0.25, 0.3) is 0 Å². The number of fused-ring (bicyclic) bond motifs is 1. The Balaban J connectivity index is 2.36. The molecular weight excluding hydrogens is 250 g/mol. The molecule has 0 bridgehead atoms. The number of pyridine rings is 1. The maximum Gasteiger partial charge on any atom is 0.315 e. The molecule has 20 heavy (non-hydrogen) atoms. The van der Waals surface area contributed by atoms with Gasteiger partial charge in [-0.05, 0) is 52.3 Å². The van der Waals surface area contributed by atoms with Crippen LogP contribution in [0.15, 0.2) is 30.3 Å². The molecule has 0 radical (unpaired) electrons. The molecule has 1 aromatic heterocycles. The number of rotatable bonds is 2. The Morgan fingerprint density at radius 3 is 2.55 bits per heavy atom. The van der Waals surface area contributed by atoms with Crippen LogP contribution >= 0.6 is 0 Å².